The predicted octanol–water partition coefficient (Wildman–Crippen LogP) is 2.92. The minimum Gasteiger partial charge on any atom is -0.322 e. The molecular weight excluding hydrogens is 238 g/mol. The molecule has 5 heteroatoms. The highest BCUT2D eigenvalue weighted by molar-refractivity contribution is 6.04. The molecule has 2 rings (SSSR count). The molecule has 0 aliphatic heterocycles. The van der Waals surface area contributed by atoms with Crippen LogP contribution in [0.3, 0.4) is 0 Å². The summed E-state index contributed by atoms with van der Waals surface area (Å²) in [5, 5.41) is 2.48. The van der Waals surface area contributed by atoms with Crippen molar-refractivity contribution in [2.45, 2.75) is 6.92 Å². The van der Waals surface area contributed by atoms with Crippen molar-refractivity contribution in [1.82, 2.24) is 4.98 Å². The summed E-state index contributed by atoms with van der Waals surface area (Å²) in [4.78, 5) is 15.7. The molecule has 0 saturated heterocycles. The molecule has 0 atom stereocenters. The number of benzene rings is 1. The molecule has 0 unspecified atom stereocenters. The number of pyridine rings is 1. The monoisotopic (exact) mass is 248 g/mol. The molecule has 0 fully saturated rings. The van der Waals surface area contributed by atoms with Gasteiger partial charge in [0.2, 0.25) is 0 Å². The van der Waals surface area contributed by atoms with E-state index in [1.807, 2.05) is 0 Å². The Morgan fingerprint density at radius 3 is 2.72 bits per heavy atom. The summed E-state index contributed by atoms with van der Waals surface area (Å²) >= 11 is 0. The first kappa shape index (κ1) is 12.2. The molecule has 0 bridgehead atoms. The van der Waals surface area contributed by atoms with Gasteiger partial charge in [-0.15, -0.1) is 0 Å². The van der Waals surface area contributed by atoms with Gasteiger partial charge in [-0.25, -0.2) is 8.78 Å². The standard InChI is InChI=1S/C13H10F2N2O/c1-8-6-10(4-5-16-8)17-13(18)11-7-9(14)2-3-12(11)15/h2-7H,1H3,(H,16,17,18). The molecule has 1 N–H and O–H groups in total. The normalized spacial score (nSPS) is 10.2. The first-order chi connectivity index (χ1) is 8.56. The number of amides is 1. The summed E-state index contributed by atoms with van der Waals surface area (Å²) in [5.74, 6) is -2.12. The van der Waals surface area contributed by atoms with Gasteiger partial charge >= 0.3 is 0 Å². The molecular formula is C13H10F2N2O. The van der Waals surface area contributed by atoms with Crippen molar-refractivity contribution in [3.05, 3.63) is 59.4 Å². The summed E-state index contributed by atoms with van der Waals surface area (Å²) in [5.41, 5.74) is 0.869. The van der Waals surface area contributed by atoms with E-state index in [2.05, 4.69) is 10.3 Å². The maximum absolute atomic E-state index is 13.4. The molecule has 1 amide bonds. The van der Waals surface area contributed by atoms with Crippen molar-refractivity contribution in [3.8, 4) is 0 Å². The van der Waals surface area contributed by atoms with Gasteiger partial charge in [0.25, 0.3) is 5.91 Å². The third kappa shape index (κ3) is 2.68. The molecule has 1 aromatic heterocycles. The van der Waals surface area contributed by atoms with E-state index >= 15 is 0 Å². The number of nitrogens with one attached hydrogen (secondary N) is 1. The van der Waals surface area contributed by atoms with E-state index in [4.69, 9.17) is 0 Å². The van der Waals surface area contributed by atoms with Crippen LogP contribution in [0.4, 0.5) is 14.5 Å². The average Bonchev–Trinajstić information content (AvgIpc) is 2.32. The topological polar surface area (TPSA) is 42.0 Å². The van der Waals surface area contributed by atoms with Crippen LogP contribution in [0.1, 0.15) is 16.1 Å². The molecule has 18 heavy (non-hydrogen) atoms. The Kier molecular flexibility index (Phi) is 3.32. The van der Waals surface area contributed by atoms with Gasteiger partial charge in [-0.1, -0.05) is 0 Å². The Bertz CT molecular complexity index is 599. The van der Waals surface area contributed by atoms with E-state index in [1.54, 1.807) is 19.1 Å². The Balaban J connectivity index is 2.24. The maximum Gasteiger partial charge on any atom is 0.258 e. The van der Waals surface area contributed by atoms with Crippen LogP contribution in [0.15, 0.2) is 36.5 Å². The summed E-state index contributed by atoms with van der Waals surface area (Å²) in [6.45, 7) is 1.76. The number of anilines is 1. The largest absolute Gasteiger partial charge is 0.322 e. The first-order valence-corrected chi connectivity index (χ1v) is 5.25. The van der Waals surface area contributed by atoms with E-state index in [9.17, 15) is 13.6 Å². The van der Waals surface area contributed by atoms with Gasteiger partial charge in [-0.2, -0.15) is 0 Å². The molecule has 1 aromatic carbocycles. The van der Waals surface area contributed by atoms with Gasteiger partial charge in [-0.3, -0.25) is 9.78 Å². The Morgan fingerprint density at radius 1 is 1.22 bits per heavy atom. The van der Waals surface area contributed by atoms with Gasteiger partial charge < -0.3 is 5.32 Å². The molecule has 2 aromatic rings. The van der Waals surface area contributed by atoms with Crippen molar-refractivity contribution >= 4 is 11.6 Å². The van der Waals surface area contributed by atoms with Crippen molar-refractivity contribution in [2.24, 2.45) is 0 Å². The molecule has 0 aliphatic carbocycles. The zero-order valence-corrected chi connectivity index (χ0v) is 9.58. The SMILES string of the molecule is Cc1cc(NC(=O)c2cc(F)ccc2F)ccn1. The number of carbonyl (C=O) groups is 1. The molecule has 1 heterocycles. The highest BCUT2D eigenvalue weighted by atomic mass is 19.1. The predicted molar refractivity (Wildman–Crippen MR) is 63.3 cm³/mol. The van der Waals surface area contributed by atoms with Gasteiger partial charge in [0.15, 0.2) is 0 Å². The van der Waals surface area contributed by atoms with Crippen molar-refractivity contribution in [2.75, 3.05) is 5.32 Å². The second-order valence-corrected chi connectivity index (χ2v) is 3.76. The maximum atomic E-state index is 13.4. The van der Waals surface area contributed by atoms with E-state index in [0.29, 0.717) is 11.4 Å². The Morgan fingerprint density at radius 2 is 2.00 bits per heavy atom. The fourth-order valence-electron chi connectivity index (χ4n) is 1.49. The fourth-order valence-corrected chi connectivity index (χ4v) is 1.49. The Hall–Kier alpha value is -2.30. The number of nitrogens with zero attached hydrogens (tertiary/aromatic N) is 1. The molecule has 0 aliphatic rings. The highest BCUT2D eigenvalue weighted by Crippen LogP contribution is 2.13. The second-order valence-electron chi connectivity index (χ2n) is 3.76. The van der Waals surface area contributed by atoms with Crippen LogP contribution in [-0.4, -0.2) is 10.9 Å². The van der Waals surface area contributed by atoms with Crippen molar-refractivity contribution in [3.63, 3.8) is 0 Å². The quantitative estimate of drug-likeness (QED) is 0.887. The van der Waals surface area contributed by atoms with Crippen LogP contribution in [0.25, 0.3) is 0 Å². The van der Waals surface area contributed by atoms with Crippen LogP contribution in [0.2, 0.25) is 0 Å². The van der Waals surface area contributed by atoms with Gasteiger partial charge in [0.05, 0.1) is 5.56 Å². The molecule has 3 nitrogen and oxygen atoms in total. The average molecular weight is 248 g/mol. The lowest BCUT2D eigenvalue weighted by molar-refractivity contribution is 0.102. The number of carbonyl (C=O) groups excluding carboxylic acids is 1. The number of hydrogen-bond acceptors (Lipinski definition) is 2. The second kappa shape index (κ2) is 4.91. The fraction of sp³-hybridized carbons (Fsp3) is 0.0769. The van der Waals surface area contributed by atoms with Crippen LogP contribution in [0.5, 0.6) is 0 Å². The van der Waals surface area contributed by atoms with E-state index in [0.717, 1.165) is 18.2 Å². The highest BCUT2D eigenvalue weighted by Gasteiger charge is 2.13. The summed E-state index contributed by atoms with van der Waals surface area (Å²) < 4.78 is 26.3. The molecule has 0 spiro atoms. The molecule has 0 saturated carbocycles. The van der Waals surface area contributed by atoms with Crippen LogP contribution in [0, 0.1) is 18.6 Å². The molecule has 0 radical (unpaired) electrons. The van der Waals surface area contributed by atoms with E-state index in [1.165, 1.54) is 6.20 Å². The van der Waals surface area contributed by atoms with Crippen LogP contribution < -0.4 is 5.32 Å². The Labute approximate surface area is 102 Å². The van der Waals surface area contributed by atoms with E-state index < -0.39 is 17.5 Å². The van der Waals surface area contributed by atoms with Crippen molar-refractivity contribution < 1.29 is 13.6 Å². The lowest BCUT2D eigenvalue weighted by atomic mass is 10.2. The number of halogens is 2. The number of aryl methyl sites for hydroxylation is 1. The van der Waals surface area contributed by atoms with Gasteiger partial charge in [-0.05, 0) is 37.3 Å². The molecule has 92 valence electrons. The first-order valence-electron chi connectivity index (χ1n) is 5.25. The van der Waals surface area contributed by atoms with E-state index in [-0.39, 0.29) is 5.56 Å². The third-order valence-corrected chi connectivity index (χ3v) is 2.33. The minimum absolute atomic E-state index is 0.329. The third-order valence-electron chi connectivity index (χ3n) is 2.33. The van der Waals surface area contributed by atoms with Crippen LogP contribution in [-0.2, 0) is 0 Å². The zero-order chi connectivity index (χ0) is 13.1. The minimum atomic E-state index is -0.764. The van der Waals surface area contributed by atoms with Crippen LogP contribution >= 0.6 is 0 Å². The zero-order valence-electron chi connectivity index (χ0n) is 9.58. The summed E-state index contributed by atoms with van der Waals surface area (Å²) in [6, 6.07) is 5.95. The number of rotatable bonds is 2. The smallest absolute Gasteiger partial charge is 0.258 e. The number of hydrogen-bond donors (Lipinski definition) is 1. The lowest BCUT2D eigenvalue weighted by Gasteiger charge is -2.06. The van der Waals surface area contributed by atoms with Crippen molar-refractivity contribution in [1.29, 1.82) is 0 Å². The number of aromatic nitrogens is 1. The van der Waals surface area contributed by atoms with Gasteiger partial charge in [0, 0.05) is 17.6 Å². The summed E-state index contributed by atoms with van der Waals surface area (Å²) in [6.07, 6.45) is 1.52. The van der Waals surface area contributed by atoms with Gasteiger partial charge in [0.1, 0.15) is 11.6 Å². The summed E-state index contributed by atoms with van der Waals surface area (Å²) in [7, 11) is 0. The lowest BCUT2D eigenvalue weighted by Crippen LogP contribution is -2.14.